The first-order valence-corrected chi connectivity index (χ1v) is 5.04. The Kier molecular flexibility index (Phi) is 3.18. The molecule has 2 rings (SSSR count). The highest BCUT2D eigenvalue weighted by Crippen LogP contribution is 2.22. The van der Waals surface area contributed by atoms with Crippen LogP contribution in [0.15, 0.2) is 36.7 Å². The van der Waals surface area contributed by atoms with Crippen molar-refractivity contribution in [3.8, 4) is 0 Å². The van der Waals surface area contributed by atoms with E-state index in [0.717, 1.165) is 11.8 Å². The normalized spacial score (nSPS) is 10.1. The quantitative estimate of drug-likeness (QED) is 0.858. The summed E-state index contributed by atoms with van der Waals surface area (Å²) in [6.45, 7) is 0. The molecule has 17 heavy (non-hydrogen) atoms. The van der Waals surface area contributed by atoms with Gasteiger partial charge in [0.25, 0.3) is 0 Å². The molecule has 0 unspecified atom stereocenters. The second-order valence-corrected chi connectivity index (χ2v) is 3.44. The Hall–Kier alpha value is -2.17. The molecule has 88 valence electrons. The van der Waals surface area contributed by atoms with E-state index in [2.05, 4.69) is 15.6 Å². The highest BCUT2D eigenvalue weighted by molar-refractivity contribution is 5.63. The van der Waals surface area contributed by atoms with Gasteiger partial charge in [-0.1, -0.05) is 6.07 Å². The van der Waals surface area contributed by atoms with Gasteiger partial charge >= 0.3 is 0 Å². The third-order valence-corrected chi connectivity index (χ3v) is 2.26. The predicted octanol–water partition coefficient (Wildman–Crippen LogP) is 3.15. The fraction of sp³-hybridized carbons (Fsp3) is 0.0833. The van der Waals surface area contributed by atoms with Gasteiger partial charge in [-0.3, -0.25) is 4.98 Å². The van der Waals surface area contributed by atoms with Crippen LogP contribution in [0.5, 0.6) is 0 Å². The average molecular weight is 235 g/mol. The second-order valence-electron chi connectivity index (χ2n) is 3.44. The Morgan fingerprint density at radius 2 is 1.88 bits per heavy atom. The highest BCUT2D eigenvalue weighted by Gasteiger charge is 2.07. The number of benzene rings is 1. The Morgan fingerprint density at radius 3 is 2.65 bits per heavy atom. The topological polar surface area (TPSA) is 37.0 Å². The maximum atomic E-state index is 13.4. The molecular weight excluding hydrogens is 224 g/mol. The van der Waals surface area contributed by atoms with Gasteiger partial charge in [-0.25, -0.2) is 8.78 Å². The molecule has 0 aliphatic heterocycles. The van der Waals surface area contributed by atoms with Crippen LogP contribution in [0.25, 0.3) is 0 Å². The fourth-order valence-electron chi connectivity index (χ4n) is 1.40. The minimum atomic E-state index is -0.901. The van der Waals surface area contributed by atoms with Gasteiger partial charge in [0, 0.05) is 7.05 Å². The SMILES string of the molecule is CNc1cncc(Nc2cccc(F)c2F)c1. The Labute approximate surface area is 97.5 Å². The lowest BCUT2D eigenvalue weighted by Gasteiger charge is -2.08. The predicted molar refractivity (Wildman–Crippen MR) is 63.4 cm³/mol. The number of hydrogen-bond donors (Lipinski definition) is 2. The van der Waals surface area contributed by atoms with Crippen molar-refractivity contribution in [2.45, 2.75) is 0 Å². The Bertz CT molecular complexity index is 529. The van der Waals surface area contributed by atoms with E-state index in [-0.39, 0.29) is 5.69 Å². The molecule has 0 saturated heterocycles. The number of anilines is 3. The molecule has 0 bridgehead atoms. The summed E-state index contributed by atoms with van der Waals surface area (Å²) < 4.78 is 26.4. The van der Waals surface area contributed by atoms with E-state index in [4.69, 9.17) is 0 Å². The summed E-state index contributed by atoms with van der Waals surface area (Å²) in [5, 5.41) is 5.68. The summed E-state index contributed by atoms with van der Waals surface area (Å²) >= 11 is 0. The minimum Gasteiger partial charge on any atom is -0.387 e. The number of nitrogens with one attached hydrogen (secondary N) is 2. The molecule has 5 heteroatoms. The van der Waals surface area contributed by atoms with Gasteiger partial charge in [0.15, 0.2) is 11.6 Å². The third kappa shape index (κ3) is 2.50. The lowest BCUT2D eigenvalue weighted by Crippen LogP contribution is -1.97. The van der Waals surface area contributed by atoms with Crippen molar-refractivity contribution < 1.29 is 8.78 Å². The summed E-state index contributed by atoms with van der Waals surface area (Å²) in [5.74, 6) is -1.78. The third-order valence-electron chi connectivity index (χ3n) is 2.26. The van der Waals surface area contributed by atoms with Crippen LogP contribution in [0.2, 0.25) is 0 Å². The lowest BCUT2D eigenvalue weighted by atomic mass is 10.2. The van der Waals surface area contributed by atoms with Crippen LogP contribution in [-0.2, 0) is 0 Å². The summed E-state index contributed by atoms with van der Waals surface area (Å²) in [5.41, 5.74) is 1.45. The van der Waals surface area contributed by atoms with Crippen molar-refractivity contribution in [1.29, 1.82) is 0 Å². The molecule has 0 atom stereocenters. The first kappa shape index (κ1) is 11.3. The molecule has 0 aliphatic carbocycles. The largest absolute Gasteiger partial charge is 0.387 e. The van der Waals surface area contributed by atoms with Crippen LogP contribution < -0.4 is 10.6 Å². The van der Waals surface area contributed by atoms with Gasteiger partial charge < -0.3 is 10.6 Å². The van der Waals surface area contributed by atoms with Crippen LogP contribution in [0.1, 0.15) is 0 Å². The van der Waals surface area contributed by atoms with Crippen LogP contribution in [0.3, 0.4) is 0 Å². The molecule has 0 aliphatic rings. The number of pyridine rings is 1. The molecule has 1 aromatic carbocycles. The summed E-state index contributed by atoms with van der Waals surface area (Å²) in [7, 11) is 1.75. The van der Waals surface area contributed by atoms with Gasteiger partial charge in [0.2, 0.25) is 0 Å². The summed E-state index contributed by atoms with van der Waals surface area (Å²) in [6.07, 6.45) is 3.16. The molecule has 1 heterocycles. The minimum absolute atomic E-state index is 0.0834. The van der Waals surface area contributed by atoms with Gasteiger partial charge in [-0.05, 0) is 18.2 Å². The standard InChI is InChI=1S/C12H11F2N3/c1-15-8-5-9(7-16-6-8)17-11-4-2-3-10(13)12(11)14/h2-7,15,17H,1H3. The highest BCUT2D eigenvalue weighted by atomic mass is 19.2. The van der Waals surface area contributed by atoms with Crippen molar-refractivity contribution in [2.75, 3.05) is 17.7 Å². The van der Waals surface area contributed by atoms with Crippen LogP contribution in [-0.4, -0.2) is 12.0 Å². The van der Waals surface area contributed by atoms with Gasteiger partial charge in [0.1, 0.15) is 0 Å². The summed E-state index contributed by atoms with van der Waals surface area (Å²) in [4.78, 5) is 3.96. The van der Waals surface area contributed by atoms with E-state index in [1.54, 1.807) is 19.3 Å². The zero-order valence-electron chi connectivity index (χ0n) is 9.17. The summed E-state index contributed by atoms with van der Waals surface area (Å²) in [6, 6.07) is 5.72. The zero-order chi connectivity index (χ0) is 12.3. The van der Waals surface area contributed by atoms with Gasteiger partial charge in [-0.2, -0.15) is 0 Å². The number of hydrogen-bond acceptors (Lipinski definition) is 3. The van der Waals surface area contributed by atoms with Crippen LogP contribution in [0.4, 0.5) is 25.8 Å². The van der Waals surface area contributed by atoms with Crippen molar-refractivity contribution in [2.24, 2.45) is 0 Å². The molecule has 1 aromatic heterocycles. The second kappa shape index (κ2) is 4.78. The van der Waals surface area contributed by atoms with Crippen molar-refractivity contribution in [1.82, 2.24) is 4.98 Å². The molecule has 0 amide bonds. The molecule has 3 nitrogen and oxygen atoms in total. The Morgan fingerprint density at radius 1 is 1.12 bits per heavy atom. The first-order valence-electron chi connectivity index (χ1n) is 5.04. The molecule has 0 fully saturated rings. The van der Waals surface area contributed by atoms with E-state index in [9.17, 15) is 8.78 Å². The van der Waals surface area contributed by atoms with Crippen LogP contribution in [0, 0.1) is 11.6 Å². The van der Waals surface area contributed by atoms with E-state index in [1.807, 2.05) is 0 Å². The van der Waals surface area contributed by atoms with E-state index in [1.165, 1.54) is 18.3 Å². The van der Waals surface area contributed by atoms with Gasteiger partial charge in [-0.15, -0.1) is 0 Å². The Balaban J connectivity index is 2.28. The average Bonchev–Trinajstić information content (AvgIpc) is 2.35. The monoisotopic (exact) mass is 235 g/mol. The van der Waals surface area contributed by atoms with E-state index < -0.39 is 11.6 Å². The van der Waals surface area contributed by atoms with Crippen molar-refractivity contribution in [3.05, 3.63) is 48.3 Å². The maximum Gasteiger partial charge on any atom is 0.182 e. The van der Waals surface area contributed by atoms with Crippen molar-refractivity contribution >= 4 is 17.1 Å². The lowest BCUT2D eigenvalue weighted by molar-refractivity contribution is 0.512. The van der Waals surface area contributed by atoms with Crippen LogP contribution >= 0.6 is 0 Å². The molecule has 0 radical (unpaired) electrons. The molecule has 0 spiro atoms. The molecule has 2 N–H and O–H groups in total. The zero-order valence-corrected chi connectivity index (χ0v) is 9.17. The fourth-order valence-corrected chi connectivity index (χ4v) is 1.40. The van der Waals surface area contributed by atoms with Crippen molar-refractivity contribution in [3.63, 3.8) is 0 Å². The molecular formula is C12H11F2N3. The van der Waals surface area contributed by atoms with E-state index in [0.29, 0.717) is 5.69 Å². The van der Waals surface area contributed by atoms with Gasteiger partial charge in [0.05, 0.1) is 29.5 Å². The molecule has 2 aromatic rings. The first-order chi connectivity index (χ1) is 8.20. The van der Waals surface area contributed by atoms with E-state index >= 15 is 0 Å². The number of aromatic nitrogens is 1. The maximum absolute atomic E-state index is 13.4. The number of nitrogens with zero attached hydrogens (tertiary/aromatic N) is 1. The molecule has 0 saturated carbocycles. The smallest absolute Gasteiger partial charge is 0.182 e. The number of rotatable bonds is 3. The number of halogens is 2.